The first kappa shape index (κ1) is 12.6. The molecule has 1 unspecified atom stereocenters. The van der Waals surface area contributed by atoms with Crippen molar-refractivity contribution in [3.05, 3.63) is 35.4 Å². The number of benzene rings is 1. The third-order valence-corrected chi connectivity index (χ3v) is 3.76. The van der Waals surface area contributed by atoms with Crippen LogP contribution in [0.5, 0.6) is 0 Å². The third kappa shape index (κ3) is 3.83. The van der Waals surface area contributed by atoms with Crippen molar-refractivity contribution >= 4 is 0 Å². The van der Waals surface area contributed by atoms with Crippen molar-refractivity contribution in [3.63, 3.8) is 0 Å². The topological polar surface area (TPSA) is 29.3 Å². The van der Waals surface area contributed by atoms with Crippen LogP contribution in [0, 0.1) is 12.8 Å². The van der Waals surface area contributed by atoms with E-state index >= 15 is 0 Å². The zero-order chi connectivity index (χ0) is 12.1. The molecule has 1 saturated heterocycles. The highest BCUT2D eigenvalue weighted by atomic mass is 15.1. The Hall–Kier alpha value is -0.860. The molecular formula is C15H24N2. The molecule has 0 saturated carbocycles. The second-order valence-corrected chi connectivity index (χ2v) is 5.30. The van der Waals surface area contributed by atoms with Crippen LogP contribution in [0.25, 0.3) is 0 Å². The highest BCUT2D eigenvalue weighted by Crippen LogP contribution is 2.18. The van der Waals surface area contributed by atoms with E-state index < -0.39 is 0 Å². The quantitative estimate of drug-likeness (QED) is 0.868. The summed E-state index contributed by atoms with van der Waals surface area (Å²) in [4.78, 5) is 2.57. The van der Waals surface area contributed by atoms with Gasteiger partial charge in [0.25, 0.3) is 0 Å². The summed E-state index contributed by atoms with van der Waals surface area (Å²) in [5, 5.41) is 0. The minimum absolute atomic E-state index is 0.748. The molecule has 1 atom stereocenters. The molecule has 0 spiro atoms. The third-order valence-electron chi connectivity index (χ3n) is 3.76. The molecule has 0 radical (unpaired) electrons. The van der Waals surface area contributed by atoms with Crippen molar-refractivity contribution in [3.8, 4) is 0 Å². The summed E-state index contributed by atoms with van der Waals surface area (Å²) in [7, 11) is 0. The van der Waals surface area contributed by atoms with Crippen LogP contribution in [0.3, 0.4) is 0 Å². The van der Waals surface area contributed by atoms with Gasteiger partial charge in [-0.3, -0.25) is 4.90 Å². The van der Waals surface area contributed by atoms with Crippen molar-refractivity contribution < 1.29 is 0 Å². The molecular weight excluding hydrogens is 208 g/mol. The fourth-order valence-electron chi connectivity index (χ4n) is 2.69. The second kappa shape index (κ2) is 6.18. The van der Waals surface area contributed by atoms with E-state index in [2.05, 4.69) is 36.1 Å². The van der Waals surface area contributed by atoms with Crippen molar-refractivity contribution in [2.45, 2.75) is 32.7 Å². The van der Waals surface area contributed by atoms with E-state index in [-0.39, 0.29) is 0 Å². The van der Waals surface area contributed by atoms with Crippen LogP contribution in [0.1, 0.15) is 30.4 Å². The standard InChI is InChI=1S/C15H24N2/c1-13-4-2-5-15(10-13)12-17-8-3-6-14(11-16)7-9-17/h2,4-5,10,14H,3,6-9,11-12,16H2,1H3. The maximum atomic E-state index is 5.77. The lowest BCUT2D eigenvalue weighted by Crippen LogP contribution is -2.24. The van der Waals surface area contributed by atoms with Gasteiger partial charge in [-0.2, -0.15) is 0 Å². The summed E-state index contributed by atoms with van der Waals surface area (Å²) in [5.41, 5.74) is 8.57. The van der Waals surface area contributed by atoms with E-state index in [1.165, 1.54) is 43.5 Å². The number of hydrogen-bond donors (Lipinski definition) is 1. The molecule has 1 aromatic rings. The zero-order valence-electron chi connectivity index (χ0n) is 10.9. The number of nitrogens with two attached hydrogens (primary N) is 1. The van der Waals surface area contributed by atoms with E-state index in [1.54, 1.807) is 0 Å². The van der Waals surface area contributed by atoms with Crippen molar-refractivity contribution in [1.82, 2.24) is 4.90 Å². The Morgan fingerprint density at radius 3 is 2.94 bits per heavy atom. The normalized spacial score (nSPS) is 22.4. The smallest absolute Gasteiger partial charge is 0.0233 e. The lowest BCUT2D eigenvalue weighted by molar-refractivity contribution is 0.273. The lowest BCUT2D eigenvalue weighted by atomic mass is 10.0. The van der Waals surface area contributed by atoms with Crippen LogP contribution in [0.4, 0.5) is 0 Å². The molecule has 1 heterocycles. The molecule has 0 aromatic heterocycles. The van der Waals surface area contributed by atoms with Gasteiger partial charge >= 0.3 is 0 Å². The Morgan fingerprint density at radius 2 is 2.18 bits per heavy atom. The molecule has 2 heteroatoms. The van der Waals surface area contributed by atoms with Gasteiger partial charge in [-0.05, 0) is 57.3 Å². The summed E-state index contributed by atoms with van der Waals surface area (Å²) >= 11 is 0. The summed E-state index contributed by atoms with van der Waals surface area (Å²) in [6.45, 7) is 6.55. The minimum atomic E-state index is 0.748. The van der Waals surface area contributed by atoms with Crippen LogP contribution < -0.4 is 5.73 Å². The first-order chi connectivity index (χ1) is 8.28. The van der Waals surface area contributed by atoms with E-state index in [1.807, 2.05) is 0 Å². The van der Waals surface area contributed by atoms with Gasteiger partial charge in [-0.25, -0.2) is 0 Å². The van der Waals surface area contributed by atoms with Gasteiger partial charge in [0.15, 0.2) is 0 Å². The fourth-order valence-corrected chi connectivity index (χ4v) is 2.69. The van der Waals surface area contributed by atoms with E-state index in [4.69, 9.17) is 5.73 Å². The van der Waals surface area contributed by atoms with Crippen LogP contribution in [-0.4, -0.2) is 24.5 Å². The van der Waals surface area contributed by atoms with Gasteiger partial charge in [0.1, 0.15) is 0 Å². The van der Waals surface area contributed by atoms with E-state index in [0.717, 1.165) is 19.0 Å². The first-order valence-electron chi connectivity index (χ1n) is 6.76. The van der Waals surface area contributed by atoms with Gasteiger partial charge < -0.3 is 5.73 Å². The van der Waals surface area contributed by atoms with Gasteiger partial charge in [0.05, 0.1) is 0 Å². The van der Waals surface area contributed by atoms with Gasteiger partial charge in [-0.15, -0.1) is 0 Å². The van der Waals surface area contributed by atoms with Crippen molar-refractivity contribution in [2.24, 2.45) is 11.7 Å². The molecule has 2 N–H and O–H groups in total. The van der Waals surface area contributed by atoms with Crippen LogP contribution in [0.2, 0.25) is 0 Å². The van der Waals surface area contributed by atoms with Crippen molar-refractivity contribution in [1.29, 1.82) is 0 Å². The average Bonchev–Trinajstić information content (AvgIpc) is 2.54. The van der Waals surface area contributed by atoms with Crippen LogP contribution in [0.15, 0.2) is 24.3 Å². The Bertz CT molecular complexity index is 349. The molecule has 1 fully saturated rings. The number of rotatable bonds is 3. The molecule has 1 aromatic carbocycles. The molecule has 0 amide bonds. The maximum Gasteiger partial charge on any atom is 0.0233 e. The largest absolute Gasteiger partial charge is 0.330 e. The monoisotopic (exact) mass is 232 g/mol. The van der Waals surface area contributed by atoms with Crippen LogP contribution >= 0.6 is 0 Å². The molecule has 0 bridgehead atoms. The summed E-state index contributed by atoms with van der Waals surface area (Å²) in [6.07, 6.45) is 3.87. The van der Waals surface area contributed by atoms with Gasteiger partial charge in [-0.1, -0.05) is 29.8 Å². The van der Waals surface area contributed by atoms with Crippen LogP contribution in [-0.2, 0) is 6.54 Å². The number of likely N-dealkylation sites (tertiary alicyclic amines) is 1. The first-order valence-corrected chi connectivity index (χ1v) is 6.76. The SMILES string of the molecule is Cc1cccc(CN2CCCC(CN)CC2)c1. The lowest BCUT2D eigenvalue weighted by Gasteiger charge is -2.20. The van der Waals surface area contributed by atoms with Gasteiger partial charge in [0.2, 0.25) is 0 Å². The average molecular weight is 232 g/mol. The molecule has 94 valence electrons. The van der Waals surface area contributed by atoms with Gasteiger partial charge in [0, 0.05) is 6.54 Å². The molecule has 1 aliphatic rings. The Kier molecular flexibility index (Phi) is 4.57. The second-order valence-electron chi connectivity index (χ2n) is 5.30. The molecule has 2 nitrogen and oxygen atoms in total. The predicted octanol–water partition coefficient (Wildman–Crippen LogP) is 2.56. The molecule has 17 heavy (non-hydrogen) atoms. The summed E-state index contributed by atoms with van der Waals surface area (Å²) < 4.78 is 0. The Balaban J connectivity index is 1.90. The minimum Gasteiger partial charge on any atom is -0.330 e. The molecule has 1 aliphatic heterocycles. The zero-order valence-corrected chi connectivity index (χ0v) is 10.9. The summed E-state index contributed by atoms with van der Waals surface area (Å²) in [5.74, 6) is 0.748. The predicted molar refractivity (Wildman–Crippen MR) is 72.9 cm³/mol. The number of hydrogen-bond acceptors (Lipinski definition) is 2. The Labute approximate surface area is 105 Å². The summed E-state index contributed by atoms with van der Waals surface area (Å²) in [6, 6.07) is 8.85. The highest BCUT2D eigenvalue weighted by Gasteiger charge is 2.15. The van der Waals surface area contributed by atoms with E-state index in [0.29, 0.717) is 0 Å². The van der Waals surface area contributed by atoms with E-state index in [9.17, 15) is 0 Å². The molecule has 2 rings (SSSR count). The Morgan fingerprint density at radius 1 is 1.29 bits per heavy atom. The maximum absolute atomic E-state index is 5.77. The molecule has 0 aliphatic carbocycles. The number of nitrogens with zero attached hydrogens (tertiary/aromatic N) is 1. The van der Waals surface area contributed by atoms with Crippen molar-refractivity contribution in [2.75, 3.05) is 19.6 Å². The highest BCUT2D eigenvalue weighted by molar-refractivity contribution is 5.22. The number of aryl methyl sites for hydroxylation is 1. The fraction of sp³-hybridized carbons (Fsp3) is 0.600.